The van der Waals surface area contributed by atoms with Gasteiger partial charge in [0, 0.05) is 10.9 Å². The van der Waals surface area contributed by atoms with Crippen molar-refractivity contribution < 1.29 is 19.1 Å². The molecule has 0 atom stereocenters. The first kappa shape index (κ1) is 15.6. The molecule has 5 heteroatoms. The highest BCUT2D eigenvalue weighted by molar-refractivity contribution is 5.86. The summed E-state index contributed by atoms with van der Waals surface area (Å²) < 4.78 is 11.4. The predicted octanol–water partition coefficient (Wildman–Crippen LogP) is 3.36. The number of rotatable bonds is 4. The molecule has 3 rings (SSSR count). The molecule has 0 spiro atoms. The van der Waals surface area contributed by atoms with E-state index in [1.165, 1.54) is 12.8 Å². The summed E-state index contributed by atoms with van der Waals surface area (Å²) in [5.41, 5.74) is 1.55. The van der Waals surface area contributed by atoms with Gasteiger partial charge in [-0.2, -0.15) is 0 Å². The lowest BCUT2D eigenvalue weighted by molar-refractivity contribution is -0.136. The van der Waals surface area contributed by atoms with E-state index in [1.54, 1.807) is 6.92 Å². The fraction of sp³-hybridized carbons (Fsp3) is 0.444. The van der Waals surface area contributed by atoms with Crippen molar-refractivity contribution in [1.29, 1.82) is 0 Å². The third kappa shape index (κ3) is 2.96. The number of hydrogen-bond acceptors (Lipinski definition) is 4. The Morgan fingerprint density at radius 1 is 1.26 bits per heavy atom. The van der Waals surface area contributed by atoms with E-state index in [0.717, 1.165) is 29.5 Å². The van der Waals surface area contributed by atoms with Crippen LogP contribution in [0.15, 0.2) is 21.3 Å². The van der Waals surface area contributed by atoms with Gasteiger partial charge in [0.25, 0.3) is 0 Å². The van der Waals surface area contributed by atoms with Gasteiger partial charge in [0.15, 0.2) is 0 Å². The summed E-state index contributed by atoms with van der Waals surface area (Å²) in [7, 11) is 0. The SMILES string of the molecule is Cc1c(CC(=O)O)c(=O)oc2c(C)c(OC3CCCC3)ccc12. The highest BCUT2D eigenvalue weighted by atomic mass is 16.5. The molecule has 0 unspecified atom stereocenters. The fourth-order valence-electron chi connectivity index (χ4n) is 3.24. The van der Waals surface area contributed by atoms with Gasteiger partial charge >= 0.3 is 11.6 Å². The van der Waals surface area contributed by atoms with Gasteiger partial charge < -0.3 is 14.3 Å². The number of fused-ring (bicyclic) bond motifs is 1. The molecule has 1 aliphatic rings. The molecule has 1 N–H and O–H groups in total. The molecule has 5 nitrogen and oxygen atoms in total. The Morgan fingerprint density at radius 2 is 1.96 bits per heavy atom. The second-order valence-corrected chi connectivity index (χ2v) is 6.15. The summed E-state index contributed by atoms with van der Waals surface area (Å²) in [6, 6.07) is 3.73. The zero-order chi connectivity index (χ0) is 16.6. The maximum Gasteiger partial charge on any atom is 0.340 e. The number of aliphatic carboxylic acids is 1. The normalized spacial score (nSPS) is 15.2. The van der Waals surface area contributed by atoms with Crippen LogP contribution >= 0.6 is 0 Å². The molecule has 0 amide bonds. The summed E-state index contributed by atoms with van der Waals surface area (Å²) in [5.74, 6) is -0.310. The Hall–Kier alpha value is -2.30. The molecule has 1 aromatic heterocycles. The van der Waals surface area contributed by atoms with Gasteiger partial charge in [-0.25, -0.2) is 4.79 Å². The van der Waals surface area contributed by atoms with E-state index in [9.17, 15) is 9.59 Å². The minimum atomic E-state index is -1.04. The third-order valence-electron chi connectivity index (χ3n) is 4.58. The standard InChI is InChI=1S/C18H20O5/c1-10-13-7-8-15(22-12-5-3-4-6-12)11(2)17(13)23-18(21)14(10)9-16(19)20/h7-8,12H,3-6,9H2,1-2H3,(H,19,20). The maximum atomic E-state index is 12.1. The van der Waals surface area contributed by atoms with E-state index in [0.29, 0.717) is 11.1 Å². The van der Waals surface area contributed by atoms with Gasteiger partial charge in [-0.15, -0.1) is 0 Å². The summed E-state index contributed by atoms with van der Waals surface area (Å²) in [6.45, 7) is 3.63. The monoisotopic (exact) mass is 316 g/mol. The molecular weight excluding hydrogens is 296 g/mol. The molecule has 1 aliphatic carbocycles. The average Bonchev–Trinajstić information content (AvgIpc) is 3.00. The number of carboxylic acid groups (broad SMARTS) is 1. The zero-order valence-corrected chi connectivity index (χ0v) is 13.3. The quantitative estimate of drug-likeness (QED) is 0.875. The summed E-state index contributed by atoms with van der Waals surface area (Å²) in [5, 5.41) is 9.71. The molecule has 0 radical (unpaired) electrons. The van der Waals surface area contributed by atoms with Crippen LogP contribution in [0.4, 0.5) is 0 Å². The van der Waals surface area contributed by atoms with E-state index in [1.807, 2.05) is 19.1 Å². The second kappa shape index (κ2) is 6.07. The molecule has 2 aromatic rings. The van der Waals surface area contributed by atoms with Crippen molar-refractivity contribution in [3.63, 3.8) is 0 Å². The number of hydrogen-bond donors (Lipinski definition) is 1. The molecule has 1 saturated carbocycles. The van der Waals surface area contributed by atoms with E-state index in [-0.39, 0.29) is 18.1 Å². The smallest absolute Gasteiger partial charge is 0.340 e. The minimum absolute atomic E-state index is 0.203. The Balaban J connectivity index is 2.07. The van der Waals surface area contributed by atoms with Crippen molar-refractivity contribution >= 4 is 16.9 Å². The third-order valence-corrected chi connectivity index (χ3v) is 4.58. The second-order valence-electron chi connectivity index (χ2n) is 6.15. The molecule has 1 fully saturated rings. The molecule has 0 aliphatic heterocycles. The molecule has 0 saturated heterocycles. The van der Waals surface area contributed by atoms with E-state index < -0.39 is 11.6 Å². The number of aryl methyl sites for hydroxylation is 2. The summed E-state index contributed by atoms with van der Waals surface area (Å²) >= 11 is 0. The summed E-state index contributed by atoms with van der Waals surface area (Å²) in [4.78, 5) is 23.0. The highest BCUT2D eigenvalue weighted by Crippen LogP contribution is 2.32. The average molecular weight is 316 g/mol. The van der Waals surface area contributed by atoms with E-state index in [2.05, 4.69) is 0 Å². The maximum absolute atomic E-state index is 12.1. The van der Waals surface area contributed by atoms with Crippen molar-refractivity contribution in [3.05, 3.63) is 39.2 Å². The van der Waals surface area contributed by atoms with Crippen LogP contribution in [0.1, 0.15) is 42.4 Å². The van der Waals surface area contributed by atoms with Gasteiger partial charge in [-0.3, -0.25) is 4.79 Å². The van der Waals surface area contributed by atoms with Crippen LogP contribution in [-0.2, 0) is 11.2 Å². The van der Waals surface area contributed by atoms with Crippen LogP contribution < -0.4 is 10.4 Å². The van der Waals surface area contributed by atoms with Gasteiger partial charge in [0.05, 0.1) is 18.1 Å². The topological polar surface area (TPSA) is 76.7 Å². The highest BCUT2D eigenvalue weighted by Gasteiger charge is 2.20. The van der Waals surface area contributed by atoms with Gasteiger partial charge in [-0.1, -0.05) is 0 Å². The molecular formula is C18H20O5. The van der Waals surface area contributed by atoms with E-state index >= 15 is 0 Å². The van der Waals surface area contributed by atoms with Gasteiger partial charge in [0.1, 0.15) is 11.3 Å². The number of carbonyl (C=O) groups is 1. The Kier molecular flexibility index (Phi) is 4.11. The van der Waals surface area contributed by atoms with Crippen LogP contribution in [0.5, 0.6) is 5.75 Å². The van der Waals surface area contributed by atoms with Crippen molar-refractivity contribution in [2.45, 2.75) is 52.1 Å². The van der Waals surface area contributed by atoms with Crippen LogP contribution in [0, 0.1) is 13.8 Å². The lowest BCUT2D eigenvalue weighted by Crippen LogP contribution is -2.16. The van der Waals surface area contributed by atoms with Crippen molar-refractivity contribution in [2.24, 2.45) is 0 Å². The Labute approximate surface area is 133 Å². The lowest BCUT2D eigenvalue weighted by Gasteiger charge is -2.16. The Bertz CT molecular complexity index is 812. The van der Waals surface area contributed by atoms with Gasteiger partial charge in [0.2, 0.25) is 0 Å². The Morgan fingerprint density at radius 3 is 2.61 bits per heavy atom. The van der Waals surface area contributed by atoms with E-state index in [4.69, 9.17) is 14.3 Å². The fourth-order valence-corrected chi connectivity index (χ4v) is 3.24. The molecule has 122 valence electrons. The van der Waals surface area contributed by atoms with Gasteiger partial charge in [-0.05, 0) is 57.2 Å². The molecule has 1 aromatic carbocycles. The minimum Gasteiger partial charge on any atom is -0.490 e. The molecule has 0 bridgehead atoms. The molecule has 23 heavy (non-hydrogen) atoms. The largest absolute Gasteiger partial charge is 0.490 e. The number of carboxylic acids is 1. The zero-order valence-electron chi connectivity index (χ0n) is 13.3. The van der Waals surface area contributed by atoms with Crippen LogP contribution in [-0.4, -0.2) is 17.2 Å². The van der Waals surface area contributed by atoms with Crippen LogP contribution in [0.25, 0.3) is 11.0 Å². The summed E-state index contributed by atoms with van der Waals surface area (Å²) in [6.07, 6.45) is 4.37. The van der Waals surface area contributed by atoms with Crippen molar-refractivity contribution in [3.8, 4) is 5.75 Å². The lowest BCUT2D eigenvalue weighted by atomic mass is 10.0. The first-order valence-electron chi connectivity index (χ1n) is 7.91. The van der Waals surface area contributed by atoms with Crippen molar-refractivity contribution in [2.75, 3.05) is 0 Å². The number of benzene rings is 1. The predicted molar refractivity (Wildman–Crippen MR) is 86.2 cm³/mol. The van der Waals surface area contributed by atoms with Crippen LogP contribution in [0.2, 0.25) is 0 Å². The van der Waals surface area contributed by atoms with Crippen LogP contribution in [0.3, 0.4) is 0 Å². The number of ether oxygens (including phenoxy) is 1. The van der Waals surface area contributed by atoms with Crippen molar-refractivity contribution in [1.82, 2.24) is 0 Å². The first-order valence-corrected chi connectivity index (χ1v) is 7.91. The first-order chi connectivity index (χ1) is 11.0. The molecule has 1 heterocycles.